The molecule has 1 aromatic rings. The van der Waals surface area contributed by atoms with Crippen LogP contribution in [0, 0.1) is 5.92 Å². The Labute approximate surface area is 105 Å². The summed E-state index contributed by atoms with van der Waals surface area (Å²) >= 11 is 0. The van der Waals surface area contributed by atoms with Crippen LogP contribution in [0.15, 0.2) is 6.20 Å². The normalized spacial score (nSPS) is 12.7. The van der Waals surface area contributed by atoms with Gasteiger partial charge in [-0.15, -0.1) is 0 Å². The number of nitrogens with one attached hydrogen (secondary N) is 1. The average Bonchev–Trinajstić information content (AvgIpc) is 2.60. The van der Waals surface area contributed by atoms with Crippen molar-refractivity contribution in [1.29, 1.82) is 0 Å². The average molecular weight is 263 g/mol. The summed E-state index contributed by atoms with van der Waals surface area (Å²) in [5.41, 5.74) is -0.439. The molecule has 0 saturated carbocycles. The Hall–Kier alpha value is -1.04. The van der Waals surface area contributed by atoms with E-state index in [-0.39, 0.29) is 18.2 Å². The van der Waals surface area contributed by atoms with E-state index in [4.69, 9.17) is 0 Å². The van der Waals surface area contributed by atoms with Crippen molar-refractivity contribution in [3.63, 3.8) is 0 Å². The molecule has 1 aromatic heterocycles. The number of alkyl halides is 3. The highest BCUT2D eigenvalue weighted by molar-refractivity contribution is 5.21. The third-order valence-corrected chi connectivity index (χ3v) is 2.50. The monoisotopic (exact) mass is 263 g/mol. The smallest absolute Gasteiger partial charge is 0.312 e. The predicted molar refractivity (Wildman–Crippen MR) is 64.2 cm³/mol. The van der Waals surface area contributed by atoms with Gasteiger partial charge in [-0.25, -0.2) is 0 Å². The van der Waals surface area contributed by atoms with Crippen LogP contribution in [0.5, 0.6) is 0 Å². The lowest BCUT2D eigenvalue weighted by Crippen LogP contribution is -2.23. The first-order chi connectivity index (χ1) is 8.23. The molecule has 0 aliphatic carbocycles. The highest BCUT2D eigenvalue weighted by atomic mass is 19.4. The van der Waals surface area contributed by atoms with Gasteiger partial charge in [-0.1, -0.05) is 13.8 Å². The summed E-state index contributed by atoms with van der Waals surface area (Å²) in [6, 6.07) is -0.305. The van der Waals surface area contributed by atoms with Gasteiger partial charge in [0.05, 0.1) is 6.20 Å². The maximum absolute atomic E-state index is 13.0. The number of aromatic nitrogens is 2. The third kappa shape index (κ3) is 3.73. The molecule has 0 bridgehead atoms. The van der Waals surface area contributed by atoms with Gasteiger partial charge in [0.15, 0.2) is 0 Å². The zero-order valence-electron chi connectivity index (χ0n) is 11.2. The van der Waals surface area contributed by atoms with Crippen LogP contribution < -0.4 is 5.32 Å². The molecule has 1 heterocycles. The van der Waals surface area contributed by atoms with Crippen LogP contribution in [-0.4, -0.2) is 16.3 Å². The highest BCUT2D eigenvalue weighted by Crippen LogP contribution is 2.33. The Balaban J connectivity index is 2.91. The van der Waals surface area contributed by atoms with E-state index in [1.165, 1.54) is 6.20 Å². The van der Waals surface area contributed by atoms with Crippen molar-refractivity contribution in [3.05, 3.63) is 17.5 Å². The minimum absolute atomic E-state index is 0.194. The molecule has 0 aliphatic heterocycles. The van der Waals surface area contributed by atoms with Gasteiger partial charge < -0.3 is 5.32 Å². The first kappa shape index (κ1) is 15.0. The van der Waals surface area contributed by atoms with Crippen molar-refractivity contribution in [2.24, 2.45) is 5.92 Å². The SMILES string of the molecule is CC(C)CNCc1cnn(C(C)C)c1C(F)(F)F. The molecule has 0 saturated heterocycles. The molecule has 1 N–H and O–H groups in total. The second-order valence-electron chi connectivity index (χ2n) is 5.08. The van der Waals surface area contributed by atoms with Gasteiger partial charge in [-0.05, 0) is 26.3 Å². The first-order valence-electron chi connectivity index (χ1n) is 6.07. The topological polar surface area (TPSA) is 29.9 Å². The van der Waals surface area contributed by atoms with E-state index >= 15 is 0 Å². The number of rotatable bonds is 5. The van der Waals surface area contributed by atoms with Gasteiger partial charge in [0, 0.05) is 18.2 Å². The maximum Gasteiger partial charge on any atom is 0.433 e. The molecule has 0 atom stereocenters. The van der Waals surface area contributed by atoms with E-state index in [2.05, 4.69) is 10.4 Å². The lowest BCUT2D eigenvalue weighted by molar-refractivity contribution is -0.145. The van der Waals surface area contributed by atoms with Crippen LogP contribution in [-0.2, 0) is 12.7 Å². The van der Waals surface area contributed by atoms with E-state index in [0.29, 0.717) is 12.5 Å². The Morgan fingerprint density at radius 3 is 2.33 bits per heavy atom. The van der Waals surface area contributed by atoms with Crippen LogP contribution in [0.2, 0.25) is 0 Å². The molecule has 0 aromatic carbocycles. The standard InChI is InChI=1S/C12H20F3N3/c1-8(2)5-16-6-10-7-17-18(9(3)4)11(10)12(13,14)15/h7-9,16H,5-6H2,1-4H3. The fourth-order valence-corrected chi connectivity index (χ4v) is 1.73. The van der Waals surface area contributed by atoms with Crippen molar-refractivity contribution < 1.29 is 13.2 Å². The minimum Gasteiger partial charge on any atom is -0.312 e. The Bertz CT molecular complexity index is 380. The van der Waals surface area contributed by atoms with Gasteiger partial charge in [-0.2, -0.15) is 18.3 Å². The van der Waals surface area contributed by atoms with Crippen LogP contribution in [0.4, 0.5) is 13.2 Å². The van der Waals surface area contributed by atoms with Crippen molar-refractivity contribution >= 4 is 0 Å². The molecular formula is C12H20F3N3. The summed E-state index contributed by atoms with van der Waals surface area (Å²) in [4.78, 5) is 0. The molecule has 104 valence electrons. The number of hydrogen-bond donors (Lipinski definition) is 1. The second kappa shape index (κ2) is 5.73. The Kier molecular flexibility index (Phi) is 4.78. The minimum atomic E-state index is -4.37. The lowest BCUT2D eigenvalue weighted by atomic mass is 10.2. The molecular weight excluding hydrogens is 243 g/mol. The van der Waals surface area contributed by atoms with Gasteiger partial charge in [-0.3, -0.25) is 4.68 Å². The van der Waals surface area contributed by atoms with Gasteiger partial charge in [0.25, 0.3) is 0 Å². The Morgan fingerprint density at radius 2 is 1.89 bits per heavy atom. The predicted octanol–water partition coefficient (Wildman–Crippen LogP) is 3.23. The van der Waals surface area contributed by atoms with E-state index in [1.54, 1.807) is 13.8 Å². The summed E-state index contributed by atoms with van der Waals surface area (Å²) in [5, 5.41) is 6.85. The van der Waals surface area contributed by atoms with Crippen molar-refractivity contribution in [3.8, 4) is 0 Å². The number of halogens is 3. The van der Waals surface area contributed by atoms with Crippen molar-refractivity contribution in [1.82, 2.24) is 15.1 Å². The number of hydrogen-bond acceptors (Lipinski definition) is 2. The first-order valence-corrected chi connectivity index (χ1v) is 6.07. The largest absolute Gasteiger partial charge is 0.433 e. The summed E-state index contributed by atoms with van der Waals surface area (Å²) in [7, 11) is 0. The maximum atomic E-state index is 13.0. The highest BCUT2D eigenvalue weighted by Gasteiger charge is 2.38. The van der Waals surface area contributed by atoms with E-state index in [0.717, 1.165) is 4.68 Å². The number of nitrogens with zero attached hydrogens (tertiary/aromatic N) is 2. The zero-order chi connectivity index (χ0) is 13.9. The quantitative estimate of drug-likeness (QED) is 0.884. The van der Waals surface area contributed by atoms with Crippen LogP contribution in [0.25, 0.3) is 0 Å². The molecule has 0 spiro atoms. The van der Waals surface area contributed by atoms with Gasteiger partial charge in [0.2, 0.25) is 0 Å². The third-order valence-electron chi connectivity index (χ3n) is 2.50. The summed E-state index contributed by atoms with van der Waals surface area (Å²) in [5.74, 6) is 0.402. The molecule has 0 radical (unpaired) electrons. The van der Waals surface area contributed by atoms with E-state index in [1.807, 2.05) is 13.8 Å². The van der Waals surface area contributed by atoms with Gasteiger partial charge in [0.1, 0.15) is 5.69 Å². The van der Waals surface area contributed by atoms with Crippen LogP contribution in [0.3, 0.4) is 0 Å². The fraction of sp³-hybridized carbons (Fsp3) is 0.750. The zero-order valence-corrected chi connectivity index (χ0v) is 11.2. The molecule has 18 heavy (non-hydrogen) atoms. The molecule has 3 nitrogen and oxygen atoms in total. The summed E-state index contributed by atoms with van der Waals surface area (Å²) in [6.07, 6.45) is -3.06. The summed E-state index contributed by atoms with van der Waals surface area (Å²) < 4.78 is 40.0. The van der Waals surface area contributed by atoms with E-state index < -0.39 is 11.9 Å². The molecule has 0 unspecified atom stereocenters. The van der Waals surface area contributed by atoms with Crippen LogP contribution in [0.1, 0.15) is 45.0 Å². The lowest BCUT2D eigenvalue weighted by Gasteiger charge is -2.15. The molecule has 0 fully saturated rings. The van der Waals surface area contributed by atoms with Crippen molar-refractivity contribution in [2.45, 2.75) is 46.5 Å². The second-order valence-corrected chi connectivity index (χ2v) is 5.08. The molecule has 1 rings (SSSR count). The van der Waals surface area contributed by atoms with Gasteiger partial charge >= 0.3 is 6.18 Å². The fourth-order valence-electron chi connectivity index (χ4n) is 1.73. The van der Waals surface area contributed by atoms with Crippen molar-refractivity contribution in [2.75, 3.05) is 6.54 Å². The molecule has 6 heteroatoms. The van der Waals surface area contributed by atoms with Crippen LogP contribution >= 0.6 is 0 Å². The molecule has 0 aliphatic rings. The van der Waals surface area contributed by atoms with E-state index in [9.17, 15) is 13.2 Å². The summed E-state index contributed by atoms with van der Waals surface area (Å²) in [6.45, 7) is 8.27. The molecule has 0 amide bonds. The Morgan fingerprint density at radius 1 is 1.28 bits per heavy atom.